The number of aromatic nitrogens is 2. The molecule has 0 saturated heterocycles. The molecule has 2 aromatic heterocycles. The zero-order valence-corrected chi connectivity index (χ0v) is 18.1. The van der Waals surface area contributed by atoms with Gasteiger partial charge in [-0.1, -0.05) is 54.6 Å². The van der Waals surface area contributed by atoms with Crippen molar-refractivity contribution in [2.45, 2.75) is 24.7 Å². The number of benzene rings is 2. The van der Waals surface area contributed by atoms with E-state index in [1.807, 2.05) is 0 Å². The van der Waals surface area contributed by atoms with Crippen LogP contribution < -0.4 is 10.5 Å². The molecule has 180 valence electrons. The lowest BCUT2D eigenvalue weighted by atomic mass is 10.0. The summed E-state index contributed by atoms with van der Waals surface area (Å²) in [5.74, 6) is -1.79. The van der Waals surface area contributed by atoms with E-state index in [0.29, 0.717) is 22.4 Å². The van der Waals surface area contributed by atoms with Crippen LogP contribution in [-0.2, 0) is 11.2 Å². The number of halogens is 3. The minimum atomic E-state index is -4.78. The highest BCUT2D eigenvalue weighted by Crippen LogP contribution is 2.41. The van der Waals surface area contributed by atoms with E-state index < -0.39 is 24.3 Å². The van der Waals surface area contributed by atoms with Crippen LogP contribution in [0.1, 0.15) is 17.4 Å². The molecule has 0 spiro atoms. The van der Waals surface area contributed by atoms with Crippen LogP contribution in [0, 0.1) is 0 Å². The Morgan fingerprint density at radius 3 is 2.40 bits per heavy atom. The number of nitrogens with zero attached hydrogens (tertiary/aromatic N) is 2. The number of aliphatic carboxylic acids is 1. The van der Waals surface area contributed by atoms with Gasteiger partial charge in [0.25, 0.3) is 6.10 Å². The van der Waals surface area contributed by atoms with E-state index in [1.165, 1.54) is 18.4 Å². The third kappa shape index (κ3) is 5.67. The van der Waals surface area contributed by atoms with Crippen LogP contribution in [0.5, 0.6) is 5.88 Å². The van der Waals surface area contributed by atoms with Gasteiger partial charge in [0.05, 0.1) is 12.0 Å². The van der Waals surface area contributed by atoms with Gasteiger partial charge in [0.1, 0.15) is 12.4 Å². The van der Waals surface area contributed by atoms with Crippen LogP contribution in [-0.4, -0.2) is 33.3 Å². The number of ether oxygens (including phenoxy) is 1. The molecule has 0 aliphatic carbocycles. The van der Waals surface area contributed by atoms with Crippen molar-refractivity contribution >= 4 is 5.97 Å². The SMILES string of the molecule is N[C@@H](Cc1ccc(-c2cc(O[C@@H](c3occc3-c3ccccc3)C(F)(F)F)ncn2)cc1)C(=O)O. The summed E-state index contributed by atoms with van der Waals surface area (Å²) in [5.41, 5.74) is 7.97. The Morgan fingerprint density at radius 1 is 1.03 bits per heavy atom. The molecule has 0 bridgehead atoms. The van der Waals surface area contributed by atoms with E-state index >= 15 is 0 Å². The monoisotopic (exact) mass is 483 g/mol. The molecule has 2 aromatic carbocycles. The number of hydrogen-bond donors (Lipinski definition) is 2. The Labute approximate surface area is 198 Å². The first-order valence-electron chi connectivity index (χ1n) is 10.5. The second-order valence-corrected chi connectivity index (χ2v) is 7.69. The predicted molar refractivity (Wildman–Crippen MR) is 120 cm³/mol. The van der Waals surface area contributed by atoms with E-state index in [1.54, 1.807) is 54.6 Å². The Bertz CT molecular complexity index is 1290. The number of carbonyl (C=O) groups is 1. The average molecular weight is 483 g/mol. The van der Waals surface area contributed by atoms with Crippen LogP contribution >= 0.6 is 0 Å². The Kier molecular flexibility index (Phi) is 6.83. The van der Waals surface area contributed by atoms with Crippen molar-refractivity contribution in [3.8, 4) is 28.3 Å². The highest BCUT2D eigenvalue weighted by atomic mass is 19.4. The first-order valence-corrected chi connectivity index (χ1v) is 10.5. The zero-order chi connectivity index (χ0) is 25.0. The summed E-state index contributed by atoms with van der Waals surface area (Å²) < 4.78 is 52.6. The number of carboxylic acid groups (broad SMARTS) is 1. The Hall–Kier alpha value is -4.18. The zero-order valence-electron chi connectivity index (χ0n) is 18.1. The third-order valence-electron chi connectivity index (χ3n) is 5.22. The van der Waals surface area contributed by atoms with Crippen LogP contribution in [0.25, 0.3) is 22.4 Å². The third-order valence-corrected chi connectivity index (χ3v) is 5.22. The van der Waals surface area contributed by atoms with Crippen LogP contribution in [0.2, 0.25) is 0 Å². The minimum Gasteiger partial charge on any atom is -0.480 e. The first-order chi connectivity index (χ1) is 16.7. The second kappa shape index (κ2) is 9.98. The summed E-state index contributed by atoms with van der Waals surface area (Å²) in [5, 5.41) is 8.94. The van der Waals surface area contributed by atoms with Gasteiger partial charge < -0.3 is 20.0 Å². The fourth-order valence-corrected chi connectivity index (χ4v) is 3.48. The molecule has 2 atom stereocenters. The van der Waals surface area contributed by atoms with Gasteiger partial charge in [-0.15, -0.1) is 0 Å². The lowest BCUT2D eigenvalue weighted by Gasteiger charge is -2.21. The standard InChI is InChI=1S/C25H20F3N3O4/c26-25(27,28)23(22-18(10-11-34-22)16-4-2-1-3-5-16)35-21-13-20(30-14-31-21)17-8-6-15(7-9-17)12-19(29)24(32)33/h1-11,13-14,19,23H,12,29H2,(H,32,33)/t19-,23-/m0/s1. The smallest absolute Gasteiger partial charge is 0.432 e. The number of rotatable bonds is 8. The molecule has 0 aliphatic heterocycles. The van der Waals surface area contributed by atoms with Gasteiger partial charge in [0.2, 0.25) is 5.88 Å². The molecule has 0 radical (unpaired) electrons. The van der Waals surface area contributed by atoms with Gasteiger partial charge in [-0.05, 0) is 23.6 Å². The lowest BCUT2D eigenvalue weighted by Crippen LogP contribution is -2.32. The molecular weight excluding hydrogens is 463 g/mol. The van der Waals surface area contributed by atoms with Crippen molar-refractivity contribution < 1.29 is 32.2 Å². The van der Waals surface area contributed by atoms with Crippen molar-refractivity contribution in [3.05, 3.63) is 90.6 Å². The minimum absolute atomic E-state index is 0.133. The van der Waals surface area contributed by atoms with E-state index in [2.05, 4.69) is 9.97 Å². The molecule has 3 N–H and O–H groups in total. The molecule has 0 amide bonds. The quantitative estimate of drug-likeness (QED) is 0.361. The molecule has 4 aromatic rings. The van der Waals surface area contributed by atoms with E-state index in [9.17, 15) is 18.0 Å². The van der Waals surface area contributed by atoms with Gasteiger partial charge in [-0.3, -0.25) is 4.79 Å². The highest BCUT2D eigenvalue weighted by Gasteiger charge is 2.46. The predicted octanol–water partition coefficient (Wildman–Crippen LogP) is 5.04. The van der Waals surface area contributed by atoms with E-state index in [-0.39, 0.29) is 23.6 Å². The number of nitrogens with two attached hydrogens (primary N) is 1. The molecule has 0 unspecified atom stereocenters. The van der Waals surface area contributed by atoms with E-state index in [4.69, 9.17) is 20.0 Å². The summed E-state index contributed by atoms with van der Waals surface area (Å²) in [6.07, 6.45) is -4.75. The molecule has 0 aliphatic rings. The molecule has 10 heteroatoms. The summed E-state index contributed by atoms with van der Waals surface area (Å²) in [7, 11) is 0. The van der Waals surface area contributed by atoms with Gasteiger partial charge in [-0.2, -0.15) is 13.2 Å². The normalized spacial score (nSPS) is 13.3. The van der Waals surface area contributed by atoms with Gasteiger partial charge in [0.15, 0.2) is 5.76 Å². The van der Waals surface area contributed by atoms with E-state index in [0.717, 1.165) is 6.33 Å². The number of carboxylic acids is 1. The van der Waals surface area contributed by atoms with Crippen molar-refractivity contribution in [3.63, 3.8) is 0 Å². The van der Waals surface area contributed by atoms with Crippen molar-refractivity contribution in [2.24, 2.45) is 5.73 Å². The maximum absolute atomic E-state index is 14.0. The van der Waals surface area contributed by atoms with Gasteiger partial charge in [0, 0.05) is 17.2 Å². The number of hydrogen-bond acceptors (Lipinski definition) is 6. The van der Waals surface area contributed by atoms with Crippen LogP contribution in [0.3, 0.4) is 0 Å². The van der Waals surface area contributed by atoms with Crippen molar-refractivity contribution in [1.29, 1.82) is 0 Å². The largest absolute Gasteiger partial charge is 0.480 e. The Balaban J connectivity index is 1.59. The van der Waals surface area contributed by atoms with Crippen molar-refractivity contribution in [1.82, 2.24) is 9.97 Å². The van der Waals surface area contributed by atoms with Gasteiger partial charge in [-0.25, -0.2) is 9.97 Å². The summed E-state index contributed by atoms with van der Waals surface area (Å²) in [6.45, 7) is 0. The first kappa shape index (κ1) is 24.0. The topological polar surface area (TPSA) is 111 Å². The second-order valence-electron chi connectivity index (χ2n) is 7.69. The molecule has 0 saturated carbocycles. The average Bonchev–Trinajstić information content (AvgIpc) is 3.32. The molecule has 7 nitrogen and oxygen atoms in total. The maximum Gasteiger partial charge on any atom is 0.432 e. The van der Waals surface area contributed by atoms with Crippen LogP contribution in [0.4, 0.5) is 13.2 Å². The summed E-state index contributed by atoms with van der Waals surface area (Å²) in [6, 6.07) is 16.9. The molecule has 0 fully saturated rings. The maximum atomic E-state index is 14.0. The molecular formula is C25H20F3N3O4. The fourth-order valence-electron chi connectivity index (χ4n) is 3.48. The van der Waals surface area contributed by atoms with Crippen molar-refractivity contribution in [2.75, 3.05) is 0 Å². The number of furan rings is 1. The Morgan fingerprint density at radius 2 is 1.74 bits per heavy atom. The molecule has 35 heavy (non-hydrogen) atoms. The van der Waals surface area contributed by atoms with Crippen LogP contribution in [0.15, 0.2) is 83.7 Å². The summed E-state index contributed by atoms with van der Waals surface area (Å²) in [4.78, 5) is 18.9. The fraction of sp³-hybridized carbons (Fsp3) is 0.160. The molecule has 4 rings (SSSR count). The lowest BCUT2D eigenvalue weighted by molar-refractivity contribution is -0.203. The highest BCUT2D eigenvalue weighted by molar-refractivity contribution is 5.73. The number of alkyl halides is 3. The summed E-state index contributed by atoms with van der Waals surface area (Å²) >= 11 is 0. The molecule has 2 heterocycles. The van der Waals surface area contributed by atoms with Gasteiger partial charge >= 0.3 is 12.1 Å².